The number of aliphatic hydroxyl groups is 1. The Kier molecular flexibility index (Phi) is 7.23. The topological polar surface area (TPSA) is 153 Å². The van der Waals surface area contributed by atoms with Crippen molar-refractivity contribution in [3.8, 4) is 0 Å². The summed E-state index contributed by atoms with van der Waals surface area (Å²) in [5.74, 6) is -2.55. The van der Waals surface area contributed by atoms with E-state index in [2.05, 4.69) is 25.0 Å². The third-order valence-electron chi connectivity index (χ3n) is 3.78. The molecule has 0 aliphatic carbocycles. The molecule has 0 fully saturated rings. The maximum atomic E-state index is 12.5. The third-order valence-corrected chi connectivity index (χ3v) is 3.78. The fraction of sp³-hybridized carbons (Fsp3) is 0.150. The van der Waals surface area contributed by atoms with Crippen LogP contribution in [0.5, 0.6) is 0 Å². The molecule has 0 bridgehead atoms. The highest BCUT2D eigenvalue weighted by atomic mass is 16.5. The molecule has 2 aromatic rings. The van der Waals surface area contributed by atoms with E-state index in [1.807, 2.05) is 0 Å². The molecule has 2 rings (SSSR count). The van der Waals surface area contributed by atoms with E-state index in [1.165, 1.54) is 45.4 Å². The lowest BCUT2D eigenvalue weighted by atomic mass is 10.1. The highest BCUT2D eigenvalue weighted by Crippen LogP contribution is 2.24. The molecule has 30 heavy (non-hydrogen) atoms. The van der Waals surface area contributed by atoms with E-state index < -0.39 is 29.3 Å². The van der Waals surface area contributed by atoms with E-state index in [4.69, 9.17) is 5.73 Å². The van der Waals surface area contributed by atoms with Gasteiger partial charge in [-0.25, -0.2) is 9.59 Å². The lowest BCUT2D eigenvalue weighted by Crippen LogP contribution is -2.14. The molecule has 0 aliphatic rings. The number of nitrogens with two attached hydrogens (primary N) is 1. The number of anilines is 2. The lowest BCUT2D eigenvalue weighted by molar-refractivity contribution is -0.113. The van der Waals surface area contributed by atoms with Gasteiger partial charge in [0.15, 0.2) is 5.70 Å². The summed E-state index contributed by atoms with van der Waals surface area (Å²) in [6, 6.07) is 10.3. The Morgan fingerprint density at radius 1 is 1.03 bits per heavy atom. The van der Waals surface area contributed by atoms with Crippen molar-refractivity contribution in [2.45, 2.75) is 6.92 Å². The Morgan fingerprint density at radius 2 is 1.73 bits per heavy atom. The molecule has 0 heterocycles. The minimum atomic E-state index is -0.756. The number of carbonyl (C=O) groups is 3. The molecule has 4 N–H and O–H groups in total. The van der Waals surface area contributed by atoms with E-state index >= 15 is 0 Å². The summed E-state index contributed by atoms with van der Waals surface area (Å²) in [4.78, 5) is 36.2. The van der Waals surface area contributed by atoms with Crippen LogP contribution < -0.4 is 11.1 Å². The predicted molar refractivity (Wildman–Crippen MR) is 108 cm³/mol. The van der Waals surface area contributed by atoms with Gasteiger partial charge < -0.3 is 25.6 Å². The molecule has 0 unspecified atom stereocenters. The summed E-state index contributed by atoms with van der Waals surface area (Å²) in [5, 5.41) is 20.0. The minimum absolute atomic E-state index is 0.0000806. The number of benzene rings is 2. The monoisotopic (exact) mass is 412 g/mol. The van der Waals surface area contributed by atoms with Crippen LogP contribution in [0.2, 0.25) is 0 Å². The highest BCUT2D eigenvalue weighted by molar-refractivity contribution is 6.04. The predicted octanol–water partition coefficient (Wildman–Crippen LogP) is 3.35. The van der Waals surface area contributed by atoms with Gasteiger partial charge in [0.25, 0.3) is 5.91 Å². The average Bonchev–Trinajstić information content (AvgIpc) is 2.72. The van der Waals surface area contributed by atoms with Gasteiger partial charge in [-0.1, -0.05) is 6.07 Å². The van der Waals surface area contributed by atoms with E-state index in [9.17, 15) is 19.5 Å². The first kappa shape index (κ1) is 22.1. The van der Waals surface area contributed by atoms with Gasteiger partial charge >= 0.3 is 11.9 Å². The van der Waals surface area contributed by atoms with Crippen molar-refractivity contribution in [2.24, 2.45) is 10.2 Å². The number of nitrogen functional groups attached to an aromatic ring is 1. The number of esters is 2. The van der Waals surface area contributed by atoms with Gasteiger partial charge in [0.05, 0.1) is 25.3 Å². The van der Waals surface area contributed by atoms with Crippen molar-refractivity contribution in [1.82, 2.24) is 0 Å². The second-order valence-corrected chi connectivity index (χ2v) is 5.93. The summed E-state index contributed by atoms with van der Waals surface area (Å²) in [7, 11) is 2.38. The third kappa shape index (κ3) is 5.41. The maximum Gasteiger partial charge on any atom is 0.340 e. The number of aliphatic hydroxyl groups excluding tert-OH is 1. The molecule has 0 aliphatic heterocycles. The number of carbonyl (C=O) groups excluding carboxylic acids is 3. The number of rotatable bonds is 6. The van der Waals surface area contributed by atoms with Gasteiger partial charge in [-0.05, 0) is 43.3 Å². The largest absolute Gasteiger partial charge is 0.510 e. The number of amides is 1. The molecule has 10 heteroatoms. The second-order valence-electron chi connectivity index (χ2n) is 5.93. The van der Waals surface area contributed by atoms with Gasteiger partial charge in [0.1, 0.15) is 11.4 Å². The normalized spacial score (nSPS) is 11.6. The lowest BCUT2D eigenvalue weighted by Gasteiger charge is -2.08. The smallest absolute Gasteiger partial charge is 0.340 e. The molecule has 0 atom stereocenters. The summed E-state index contributed by atoms with van der Waals surface area (Å²) >= 11 is 0. The summed E-state index contributed by atoms with van der Waals surface area (Å²) < 4.78 is 9.33. The molecule has 156 valence electrons. The van der Waals surface area contributed by atoms with Crippen molar-refractivity contribution < 1.29 is 29.0 Å². The van der Waals surface area contributed by atoms with Crippen molar-refractivity contribution in [2.75, 3.05) is 25.3 Å². The van der Waals surface area contributed by atoms with Crippen LogP contribution in [0, 0.1) is 0 Å². The molecular weight excluding hydrogens is 392 g/mol. The quantitative estimate of drug-likeness (QED) is 0.216. The number of nitrogens with zero attached hydrogens (tertiary/aromatic N) is 2. The van der Waals surface area contributed by atoms with Gasteiger partial charge in [-0.15, -0.1) is 10.2 Å². The molecule has 0 radical (unpaired) electrons. The maximum absolute atomic E-state index is 12.5. The van der Waals surface area contributed by atoms with Gasteiger partial charge in [0.2, 0.25) is 0 Å². The van der Waals surface area contributed by atoms with Gasteiger partial charge in [0, 0.05) is 11.4 Å². The highest BCUT2D eigenvalue weighted by Gasteiger charge is 2.18. The second kappa shape index (κ2) is 9.82. The molecule has 0 aromatic heterocycles. The van der Waals surface area contributed by atoms with Gasteiger partial charge in [-0.2, -0.15) is 0 Å². The van der Waals surface area contributed by atoms with Crippen molar-refractivity contribution >= 4 is 34.9 Å². The van der Waals surface area contributed by atoms with Crippen LogP contribution in [-0.4, -0.2) is 37.2 Å². The molecule has 0 spiro atoms. The minimum Gasteiger partial charge on any atom is -0.510 e. The number of azo groups is 1. The first-order valence-electron chi connectivity index (χ1n) is 8.56. The zero-order valence-electron chi connectivity index (χ0n) is 16.5. The van der Waals surface area contributed by atoms with E-state index in [-0.39, 0.29) is 16.8 Å². The molecule has 10 nitrogen and oxygen atoms in total. The Bertz CT molecular complexity index is 1040. The first-order valence-corrected chi connectivity index (χ1v) is 8.56. The zero-order valence-corrected chi connectivity index (χ0v) is 16.5. The van der Waals surface area contributed by atoms with Crippen LogP contribution in [0.4, 0.5) is 17.1 Å². The van der Waals surface area contributed by atoms with E-state index in [0.29, 0.717) is 11.4 Å². The van der Waals surface area contributed by atoms with E-state index in [0.717, 1.165) is 0 Å². The summed E-state index contributed by atoms with van der Waals surface area (Å²) in [5.41, 5.74) is 6.14. The Balaban J connectivity index is 2.40. The fourth-order valence-corrected chi connectivity index (χ4v) is 2.33. The van der Waals surface area contributed by atoms with Crippen LogP contribution in [-0.2, 0) is 14.3 Å². The average molecular weight is 412 g/mol. The number of ether oxygens (including phenoxy) is 2. The number of methoxy groups -OCH3 is 2. The standard InChI is InChI=1S/C20H20N4O6/c1-11(25)17(18(26)22-14-6-4-5-13(21)10-14)24-23-16-9-12(19(27)29-2)7-8-15(16)20(28)30-3/h4-10,25H,21H2,1-3H3,(H,22,26). The van der Waals surface area contributed by atoms with Crippen LogP contribution in [0.15, 0.2) is 64.1 Å². The summed E-state index contributed by atoms with van der Waals surface area (Å²) in [6.07, 6.45) is 0. The van der Waals surface area contributed by atoms with Crippen LogP contribution in [0.1, 0.15) is 27.6 Å². The van der Waals surface area contributed by atoms with Crippen molar-refractivity contribution in [1.29, 1.82) is 0 Å². The molecular formula is C20H20N4O6. The molecule has 2 aromatic carbocycles. The van der Waals surface area contributed by atoms with Crippen LogP contribution in [0.3, 0.4) is 0 Å². The SMILES string of the molecule is COC(=O)c1ccc(C(=O)OC)c(N=NC(C(=O)Nc2cccc(N)c2)=C(C)O)c1. The van der Waals surface area contributed by atoms with Gasteiger partial charge in [-0.3, -0.25) is 4.79 Å². The van der Waals surface area contributed by atoms with E-state index in [1.54, 1.807) is 18.2 Å². The van der Waals surface area contributed by atoms with Crippen molar-refractivity contribution in [3.63, 3.8) is 0 Å². The van der Waals surface area contributed by atoms with Crippen LogP contribution >= 0.6 is 0 Å². The Morgan fingerprint density at radius 3 is 2.33 bits per heavy atom. The van der Waals surface area contributed by atoms with Crippen LogP contribution in [0.25, 0.3) is 0 Å². The molecule has 0 saturated carbocycles. The zero-order chi connectivity index (χ0) is 22.3. The fourth-order valence-electron chi connectivity index (χ4n) is 2.33. The molecule has 1 amide bonds. The number of allylic oxidation sites excluding steroid dienone is 1. The Labute approximate surface area is 172 Å². The first-order chi connectivity index (χ1) is 14.3. The number of hydrogen-bond donors (Lipinski definition) is 3. The Hall–Kier alpha value is -4.21. The molecule has 0 saturated heterocycles. The number of hydrogen-bond acceptors (Lipinski definition) is 9. The summed E-state index contributed by atoms with van der Waals surface area (Å²) in [6.45, 7) is 1.25. The van der Waals surface area contributed by atoms with Crippen molar-refractivity contribution in [3.05, 3.63) is 65.0 Å². The number of nitrogens with one attached hydrogen (secondary N) is 1.